The summed E-state index contributed by atoms with van der Waals surface area (Å²) in [6.45, 7) is 4.14. The third-order valence-electron chi connectivity index (χ3n) is 4.12. The standard InChI is InChI=1S/C17H24N4O2/c22-16(12-21-9-2-7-18-8-10-21)19-15-4-1-3-13(11-15)17(23)20-14-5-6-14/h1,3-4,11,14,18H,2,5-10,12H2,(H,19,22)(H,20,23). The molecule has 0 atom stereocenters. The van der Waals surface area contributed by atoms with Crippen LogP contribution >= 0.6 is 0 Å². The van der Waals surface area contributed by atoms with Gasteiger partial charge < -0.3 is 16.0 Å². The maximum atomic E-state index is 12.2. The highest BCUT2D eigenvalue weighted by Gasteiger charge is 2.23. The lowest BCUT2D eigenvalue weighted by Crippen LogP contribution is -2.35. The van der Waals surface area contributed by atoms with E-state index in [9.17, 15) is 9.59 Å². The summed E-state index contributed by atoms with van der Waals surface area (Å²) in [4.78, 5) is 26.4. The molecular weight excluding hydrogens is 292 g/mol. The number of benzene rings is 1. The normalized spacial score (nSPS) is 19.0. The average molecular weight is 316 g/mol. The van der Waals surface area contributed by atoms with Crippen molar-refractivity contribution in [3.63, 3.8) is 0 Å². The average Bonchev–Trinajstić information content (AvgIpc) is 3.35. The quantitative estimate of drug-likeness (QED) is 0.752. The Hall–Kier alpha value is -1.92. The molecule has 6 heteroatoms. The van der Waals surface area contributed by atoms with Crippen LogP contribution in [0.5, 0.6) is 0 Å². The molecule has 0 bridgehead atoms. The lowest BCUT2D eigenvalue weighted by molar-refractivity contribution is -0.117. The fraction of sp³-hybridized carbons (Fsp3) is 0.529. The third kappa shape index (κ3) is 5.04. The van der Waals surface area contributed by atoms with Crippen LogP contribution in [0.2, 0.25) is 0 Å². The SMILES string of the molecule is O=C(CN1CCCNCC1)Nc1cccc(C(=O)NC2CC2)c1. The van der Waals surface area contributed by atoms with Gasteiger partial charge in [-0.2, -0.15) is 0 Å². The summed E-state index contributed by atoms with van der Waals surface area (Å²) in [5, 5.41) is 9.17. The minimum Gasteiger partial charge on any atom is -0.349 e. The molecule has 1 aromatic rings. The number of amides is 2. The Bertz CT molecular complexity index is 563. The monoisotopic (exact) mass is 316 g/mol. The topological polar surface area (TPSA) is 73.5 Å². The van der Waals surface area contributed by atoms with Gasteiger partial charge in [0.15, 0.2) is 0 Å². The highest BCUT2D eigenvalue weighted by molar-refractivity contribution is 5.97. The minimum atomic E-state index is -0.0674. The van der Waals surface area contributed by atoms with Crippen molar-refractivity contribution in [3.05, 3.63) is 29.8 Å². The third-order valence-corrected chi connectivity index (χ3v) is 4.12. The number of carbonyl (C=O) groups excluding carboxylic acids is 2. The van der Waals surface area contributed by atoms with E-state index in [1.54, 1.807) is 18.2 Å². The van der Waals surface area contributed by atoms with E-state index in [0.29, 0.717) is 23.8 Å². The summed E-state index contributed by atoms with van der Waals surface area (Å²) in [5.41, 5.74) is 1.26. The summed E-state index contributed by atoms with van der Waals surface area (Å²) < 4.78 is 0. The van der Waals surface area contributed by atoms with Crippen molar-refractivity contribution < 1.29 is 9.59 Å². The van der Waals surface area contributed by atoms with E-state index in [4.69, 9.17) is 0 Å². The van der Waals surface area contributed by atoms with E-state index in [2.05, 4.69) is 20.9 Å². The summed E-state index contributed by atoms with van der Waals surface area (Å²) in [6, 6.07) is 7.45. The molecule has 3 N–H and O–H groups in total. The van der Waals surface area contributed by atoms with Crippen LogP contribution in [-0.2, 0) is 4.79 Å². The number of hydrogen-bond acceptors (Lipinski definition) is 4. The maximum Gasteiger partial charge on any atom is 0.251 e. The van der Waals surface area contributed by atoms with Gasteiger partial charge in [0.1, 0.15) is 0 Å². The lowest BCUT2D eigenvalue weighted by atomic mass is 10.2. The van der Waals surface area contributed by atoms with Crippen molar-refractivity contribution in [1.29, 1.82) is 0 Å². The van der Waals surface area contributed by atoms with Gasteiger partial charge in [-0.15, -0.1) is 0 Å². The van der Waals surface area contributed by atoms with Gasteiger partial charge in [-0.25, -0.2) is 0 Å². The number of nitrogens with one attached hydrogen (secondary N) is 3. The molecule has 2 fully saturated rings. The van der Waals surface area contributed by atoms with E-state index in [-0.39, 0.29) is 11.8 Å². The minimum absolute atomic E-state index is 0.0355. The van der Waals surface area contributed by atoms with Crippen LogP contribution in [0.4, 0.5) is 5.69 Å². The second kappa shape index (κ2) is 7.57. The molecule has 1 saturated heterocycles. The van der Waals surface area contributed by atoms with Crippen LogP contribution in [0.15, 0.2) is 24.3 Å². The number of hydrogen-bond donors (Lipinski definition) is 3. The number of nitrogens with zero attached hydrogens (tertiary/aromatic N) is 1. The Balaban J connectivity index is 1.53. The van der Waals surface area contributed by atoms with Crippen molar-refractivity contribution in [2.24, 2.45) is 0 Å². The molecule has 3 rings (SSSR count). The Kier molecular flexibility index (Phi) is 5.25. The van der Waals surface area contributed by atoms with Gasteiger partial charge in [-0.05, 0) is 50.6 Å². The first kappa shape index (κ1) is 16.0. The van der Waals surface area contributed by atoms with Gasteiger partial charge in [-0.3, -0.25) is 14.5 Å². The number of rotatable bonds is 5. The molecule has 0 unspecified atom stereocenters. The highest BCUT2D eigenvalue weighted by atomic mass is 16.2. The molecule has 1 aliphatic carbocycles. The first-order valence-corrected chi connectivity index (χ1v) is 8.34. The molecule has 0 aromatic heterocycles. The number of anilines is 1. The second-order valence-corrected chi connectivity index (χ2v) is 6.26. The summed E-state index contributed by atoms with van der Waals surface area (Å²) in [6.07, 6.45) is 3.18. The molecule has 0 radical (unpaired) electrons. The van der Waals surface area contributed by atoms with Crippen LogP contribution in [-0.4, -0.2) is 55.5 Å². The molecule has 124 valence electrons. The molecule has 23 heavy (non-hydrogen) atoms. The largest absolute Gasteiger partial charge is 0.349 e. The molecular formula is C17H24N4O2. The van der Waals surface area contributed by atoms with Crippen LogP contribution in [0.1, 0.15) is 29.6 Å². The lowest BCUT2D eigenvalue weighted by Gasteiger charge is -2.18. The predicted octanol–water partition coefficient (Wildman–Crippen LogP) is 0.813. The van der Waals surface area contributed by atoms with Crippen LogP contribution in [0, 0.1) is 0 Å². The van der Waals surface area contributed by atoms with Gasteiger partial charge in [0, 0.05) is 30.4 Å². The first-order chi connectivity index (χ1) is 11.2. The van der Waals surface area contributed by atoms with E-state index >= 15 is 0 Å². The van der Waals surface area contributed by atoms with Crippen LogP contribution < -0.4 is 16.0 Å². The van der Waals surface area contributed by atoms with Crippen molar-refractivity contribution in [2.45, 2.75) is 25.3 Å². The smallest absolute Gasteiger partial charge is 0.251 e. The van der Waals surface area contributed by atoms with Crippen LogP contribution in [0.25, 0.3) is 0 Å². The zero-order valence-corrected chi connectivity index (χ0v) is 13.3. The van der Waals surface area contributed by atoms with E-state index < -0.39 is 0 Å². The van der Waals surface area contributed by atoms with E-state index in [1.807, 2.05) is 6.07 Å². The van der Waals surface area contributed by atoms with Crippen molar-refractivity contribution in [2.75, 3.05) is 38.0 Å². The Morgan fingerprint density at radius 2 is 2.09 bits per heavy atom. The molecule has 1 heterocycles. The molecule has 1 aromatic carbocycles. The zero-order valence-electron chi connectivity index (χ0n) is 13.3. The molecule has 2 amide bonds. The van der Waals surface area contributed by atoms with Crippen molar-refractivity contribution >= 4 is 17.5 Å². The molecule has 1 aliphatic heterocycles. The highest BCUT2D eigenvalue weighted by Crippen LogP contribution is 2.20. The van der Waals surface area contributed by atoms with Crippen molar-refractivity contribution in [1.82, 2.24) is 15.5 Å². The molecule has 0 spiro atoms. The summed E-state index contributed by atoms with van der Waals surface area (Å²) in [5.74, 6) is -0.103. The van der Waals surface area contributed by atoms with Crippen molar-refractivity contribution in [3.8, 4) is 0 Å². The van der Waals surface area contributed by atoms with E-state index in [0.717, 1.165) is 45.4 Å². The Labute approximate surface area is 136 Å². The zero-order chi connectivity index (χ0) is 16.1. The van der Waals surface area contributed by atoms with Gasteiger partial charge in [-0.1, -0.05) is 6.07 Å². The first-order valence-electron chi connectivity index (χ1n) is 8.34. The van der Waals surface area contributed by atoms with Gasteiger partial charge in [0.25, 0.3) is 5.91 Å². The van der Waals surface area contributed by atoms with Crippen LogP contribution in [0.3, 0.4) is 0 Å². The van der Waals surface area contributed by atoms with Gasteiger partial charge in [0.2, 0.25) is 5.91 Å². The number of carbonyl (C=O) groups is 2. The maximum absolute atomic E-state index is 12.2. The van der Waals surface area contributed by atoms with Gasteiger partial charge in [0.05, 0.1) is 6.54 Å². The molecule has 6 nitrogen and oxygen atoms in total. The Morgan fingerprint density at radius 1 is 1.22 bits per heavy atom. The molecule has 1 saturated carbocycles. The fourth-order valence-corrected chi connectivity index (χ4v) is 2.70. The second-order valence-electron chi connectivity index (χ2n) is 6.26. The predicted molar refractivity (Wildman–Crippen MR) is 89.5 cm³/mol. The van der Waals surface area contributed by atoms with Gasteiger partial charge >= 0.3 is 0 Å². The van der Waals surface area contributed by atoms with E-state index in [1.165, 1.54) is 0 Å². The molecule has 2 aliphatic rings. The fourth-order valence-electron chi connectivity index (χ4n) is 2.70. The summed E-state index contributed by atoms with van der Waals surface area (Å²) >= 11 is 0. The Morgan fingerprint density at radius 3 is 2.91 bits per heavy atom. The summed E-state index contributed by atoms with van der Waals surface area (Å²) in [7, 11) is 0.